The van der Waals surface area contributed by atoms with Gasteiger partial charge in [0.05, 0.1) is 4.90 Å². The molecule has 2 aliphatic rings. The Kier molecular flexibility index (Phi) is 4.47. The summed E-state index contributed by atoms with van der Waals surface area (Å²) < 4.78 is 32.1. The van der Waals surface area contributed by atoms with E-state index in [0.29, 0.717) is 10.8 Å². The lowest BCUT2D eigenvalue weighted by Gasteiger charge is -2.11. The van der Waals surface area contributed by atoms with Crippen LogP contribution in [0.1, 0.15) is 25.7 Å². The van der Waals surface area contributed by atoms with Gasteiger partial charge in [0.2, 0.25) is 10.0 Å². The van der Waals surface area contributed by atoms with Gasteiger partial charge in [-0.05, 0) is 55.9 Å². The summed E-state index contributed by atoms with van der Waals surface area (Å²) in [4.78, 5) is 0.337. The molecule has 6 heteroatoms. The molecule has 1 aliphatic heterocycles. The SMILES string of the molecule is O=S(=O)(NC1CC1)c1ccc(NCCC2CCOC2)cc1. The van der Waals surface area contributed by atoms with Crippen LogP contribution < -0.4 is 10.0 Å². The Hall–Kier alpha value is -1.11. The lowest BCUT2D eigenvalue weighted by Crippen LogP contribution is -2.25. The maximum atomic E-state index is 12.0. The first-order valence-corrected chi connectivity index (χ1v) is 9.06. The molecule has 5 nitrogen and oxygen atoms in total. The van der Waals surface area contributed by atoms with Crippen molar-refractivity contribution in [3.8, 4) is 0 Å². The molecule has 1 heterocycles. The summed E-state index contributed by atoms with van der Waals surface area (Å²) in [6.07, 6.45) is 4.13. The molecular weight excluding hydrogens is 288 g/mol. The molecule has 1 aromatic rings. The monoisotopic (exact) mass is 310 g/mol. The van der Waals surface area contributed by atoms with Crippen LogP contribution in [0.15, 0.2) is 29.2 Å². The van der Waals surface area contributed by atoms with E-state index < -0.39 is 10.0 Å². The van der Waals surface area contributed by atoms with Gasteiger partial charge in [-0.3, -0.25) is 0 Å². The van der Waals surface area contributed by atoms with Gasteiger partial charge >= 0.3 is 0 Å². The third kappa shape index (κ3) is 4.18. The Balaban J connectivity index is 1.51. The fourth-order valence-corrected chi connectivity index (χ4v) is 3.78. The summed E-state index contributed by atoms with van der Waals surface area (Å²) in [6, 6.07) is 7.11. The number of rotatable bonds is 7. The van der Waals surface area contributed by atoms with Gasteiger partial charge in [0.15, 0.2) is 0 Å². The average Bonchev–Trinajstić information content (AvgIpc) is 3.11. The van der Waals surface area contributed by atoms with E-state index in [1.54, 1.807) is 12.1 Å². The van der Waals surface area contributed by atoms with Gasteiger partial charge in [-0.2, -0.15) is 0 Å². The minimum Gasteiger partial charge on any atom is -0.385 e. The topological polar surface area (TPSA) is 67.4 Å². The molecular formula is C15H22N2O3S. The Morgan fingerprint density at radius 2 is 1.90 bits per heavy atom. The van der Waals surface area contributed by atoms with Gasteiger partial charge in [-0.15, -0.1) is 0 Å². The van der Waals surface area contributed by atoms with E-state index >= 15 is 0 Å². The molecule has 1 aromatic carbocycles. The highest BCUT2D eigenvalue weighted by Gasteiger charge is 2.27. The van der Waals surface area contributed by atoms with Gasteiger partial charge in [0, 0.05) is 31.5 Å². The number of hydrogen-bond donors (Lipinski definition) is 2. The molecule has 21 heavy (non-hydrogen) atoms. The van der Waals surface area contributed by atoms with Crippen LogP contribution in [0.2, 0.25) is 0 Å². The van der Waals surface area contributed by atoms with E-state index in [1.807, 2.05) is 12.1 Å². The van der Waals surface area contributed by atoms with E-state index in [-0.39, 0.29) is 6.04 Å². The van der Waals surface area contributed by atoms with Crippen molar-refractivity contribution in [2.45, 2.75) is 36.6 Å². The van der Waals surface area contributed by atoms with Crippen molar-refractivity contribution < 1.29 is 13.2 Å². The molecule has 0 amide bonds. The minimum atomic E-state index is -3.34. The molecule has 2 N–H and O–H groups in total. The highest BCUT2D eigenvalue weighted by Crippen LogP contribution is 2.23. The van der Waals surface area contributed by atoms with E-state index in [9.17, 15) is 8.42 Å². The zero-order valence-electron chi connectivity index (χ0n) is 12.0. The van der Waals surface area contributed by atoms with Gasteiger partial charge in [0.25, 0.3) is 0 Å². The summed E-state index contributed by atoms with van der Waals surface area (Å²) in [7, 11) is -3.34. The Morgan fingerprint density at radius 3 is 2.52 bits per heavy atom. The molecule has 0 radical (unpaired) electrons. The van der Waals surface area contributed by atoms with E-state index in [2.05, 4.69) is 10.0 Å². The number of sulfonamides is 1. The van der Waals surface area contributed by atoms with Gasteiger partial charge in [0.1, 0.15) is 0 Å². The van der Waals surface area contributed by atoms with E-state index in [1.165, 1.54) is 0 Å². The summed E-state index contributed by atoms with van der Waals surface area (Å²) in [5.74, 6) is 0.653. The lowest BCUT2D eigenvalue weighted by atomic mass is 10.1. The fraction of sp³-hybridized carbons (Fsp3) is 0.600. The standard InChI is InChI=1S/C15H22N2O3S/c18-21(19,17-14-1-2-14)15-5-3-13(4-6-15)16-9-7-12-8-10-20-11-12/h3-6,12,14,16-17H,1-2,7-11H2. The average molecular weight is 310 g/mol. The molecule has 1 saturated heterocycles. The van der Waals surface area contributed by atoms with Crippen molar-refractivity contribution >= 4 is 15.7 Å². The zero-order chi connectivity index (χ0) is 14.7. The van der Waals surface area contributed by atoms with E-state index in [4.69, 9.17) is 4.74 Å². The lowest BCUT2D eigenvalue weighted by molar-refractivity contribution is 0.185. The Bertz CT molecular complexity index is 561. The first-order valence-electron chi connectivity index (χ1n) is 7.57. The minimum absolute atomic E-state index is 0.140. The molecule has 1 unspecified atom stereocenters. The molecule has 1 saturated carbocycles. The molecule has 3 rings (SSSR count). The van der Waals surface area contributed by atoms with Crippen LogP contribution in [0.3, 0.4) is 0 Å². The normalized spacial score (nSPS) is 22.4. The number of hydrogen-bond acceptors (Lipinski definition) is 4. The Labute approximate surface area is 126 Å². The quantitative estimate of drug-likeness (QED) is 0.808. The summed E-state index contributed by atoms with van der Waals surface area (Å²) in [5.41, 5.74) is 0.958. The fourth-order valence-electron chi connectivity index (χ4n) is 2.47. The van der Waals surface area contributed by atoms with Crippen LogP contribution in [-0.2, 0) is 14.8 Å². The highest BCUT2D eigenvalue weighted by molar-refractivity contribution is 7.89. The summed E-state index contributed by atoms with van der Waals surface area (Å²) in [6.45, 7) is 2.64. The van der Waals surface area contributed by atoms with Crippen molar-refractivity contribution in [3.63, 3.8) is 0 Å². The predicted molar refractivity (Wildman–Crippen MR) is 81.8 cm³/mol. The maximum Gasteiger partial charge on any atom is 0.240 e. The van der Waals surface area contributed by atoms with Crippen molar-refractivity contribution in [1.29, 1.82) is 0 Å². The molecule has 0 bridgehead atoms. The second kappa shape index (κ2) is 6.34. The maximum absolute atomic E-state index is 12.0. The number of benzene rings is 1. The van der Waals surface area contributed by atoms with Crippen LogP contribution in [0, 0.1) is 5.92 Å². The largest absolute Gasteiger partial charge is 0.385 e. The first-order chi connectivity index (χ1) is 10.1. The van der Waals surface area contributed by atoms with Crippen molar-refractivity contribution in [3.05, 3.63) is 24.3 Å². The predicted octanol–water partition coefficient (Wildman–Crippen LogP) is 1.97. The van der Waals surface area contributed by atoms with Crippen LogP contribution in [0.4, 0.5) is 5.69 Å². The molecule has 116 valence electrons. The first kappa shape index (κ1) is 14.8. The second-order valence-corrected chi connectivity index (χ2v) is 7.58. The molecule has 0 spiro atoms. The van der Waals surface area contributed by atoms with Crippen LogP contribution in [0.25, 0.3) is 0 Å². The summed E-state index contributed by atoms with van der Waals surface area (Å²) >= 11 is 0. The summed E-state index contributed by atoms with van der Waals surface area (Å²) in [5, 5.41) is 3.33. The smallest absolute Gasteiger partial charge is 0.240 e. The zero-order valence-corrected chi connectivity index (χ0v) is 12.9. The molecule has 1 atom stereocenters. The van der Waals surface area contributed by atoms with Gasteiger partial charge in [-0.25, -0.2) is 13.1 Å². The number of nitrogens with one attached hydrogen (secondary N) is 2. The third-order valence-corrected chi connectivity index (χ3v) is 5.51. The molecule has 1 aliphatic carbocycles. The Morgan fingerprint density at radius 1 is 1.14 bits per heavy atom. The van der Waals surface area contributed by atoms with Crippen LogP contribution in [0.5, 0.6) is 0 Å². The highest BCUT2D eigenvalue weighted by atomic mass is 32.2. The van der Waals surface area contributed by atoms with Gasteiger partial charge in [-0.1, -0.05) is 0 Å². The van der Waals surface area contributed by atoms with Crippen molar-refractivity contribution in [1.82, 2.24) is 4.72 Å². The third-order valence-electron chi connectivity index (χ3n) is 3.97. The molecule has 2 fully saturated rings. The van der Waals surface area contributed by atoms with Crippen molar-refractivity contribution in [2.24, 2.45) is 5.92 Å². The van der Waals surface area contributed by atoms with Crippen LogP contribution >= 0.6 is 0 Å². The second-order valence-electron chi connectivity index (χ2n) is 5.87. The number of ether oxygens (including phenoxy) is 1. The van der Waals surface area contributed by atoms with Gasteiger partial charge < -0.3 is 10.1 Å². The van der Waals surface area contributed by atoms with Crippen molar-refractivity contribution in [2.75, 3.05) is 25.1 Å². The molecule has 0 aromatic heterocycles. The van der Waals surface area contributed by atoms with Crippen LogP contribution in [-0.4, -0.2) is 34.2 Å². The van der Waals surface area contributed by atoms with E-state index in [0.717, 1.165) is 51.1 Å². The number of anilines is 1.